The van der Waals surface area contributed by atoms with Crippen LogP contribution in [-0.2, 0) is 66.8 Å². The number of carbonyl (C=O) groups is 10. The van der Waals surface area contributed by atoms with Crippen LogP contribution in [0.3, 0.4) is 0 Å². The van der Waals surface area contributed by atoms with Crippen molar-refractivity contribution in [2.24, 2.45) is 0 Å². The van der Waals surface area contributed by atoms with E-state index in [-0.39, 0.29) is 67.5 Å². The fraction of sp³-hybridized carbons (Fsp3) is 0.243. The smallest absolute Gasteiger partial charge is 0.339 e. The van der Waals surface area contributed by atoms with Gasteiger partial charge in [-0.05, 0) is 32.9 Å². The molecule has 0 aliphatic heterocycles. The SMILES string of the molecule is C=C(C)C(=O)O.C=C(C)C(=O)OCCOC(=O)C=CC(=O)O.C=C(C)C(=O)OCCOC(=O)c1ccccc1C(=O)O.C=CC(=O)OCCOC(=O)C=CC(=O)O. The molecule has 57 heavy (non-hydrogen) atoms. The Kier molecular flexibility index (Phi) is 30.0. The Hall–Kier alpha value is -7.64. The van der Waals surface area contributed by atoms with Crippen molar-refractivity contribution in [3.05, 3.63) is 109 Å². The Labute approximate surface area is 325 Å². The number of rotatable bonds is 19. The molecule has 20 nitrogen and oxygen atoms in total. The summed E-state index contributed by atoms with van der Waals surface area (Å²) >= 11 is 0. The first kappa shape index (κ1) is 53.7. The number of carboxylic acid groups (broad SMARTS) is 4. The second-order valence-electron chi connectivity index (χ2n) is 9.95. The van der Waals surface area contributed by atoms with Crippen LogP contribution >= 0.6 is 0 Å². The summed E-state index contributed by atoms with van der Waals surface area (Å²) in [4.78, 5) is 106. The van der Waals surface area contributed by atoms with Crippen molar-refractivity contribution < 1.29 is 96.8 Å². The lowest BCUT2D eigenvalue weighted by atomic mass is 10.1. The molecular weight excluding hydrogens is 764 g/mol. The maximum absolute atomic E-state index is 11.7. The van der Waals surface area contributed by atoms with Crippen LogP contribution in [0.2, 0.25) is 0 Å². The number of ether oxygens (including phenoxy) is 6. The molecule has 0 atom stereocenters. The lowest BCUT2D eigenvalue weighted by Gasteiger charge is -2.07. The fourth-order valence-corrected chi connectivity index (χ4v) is 2.44. The first-order chi connectivity index (χ1) is 26.6. The molecule has 20 heteroatoms. The van der Waals surface area contributed by atoms with Gasteiger partial charge in [-0.3, -0.25) is 0 Å². The van der Waals surface area contributed by atoms with Gasteiger partial charge in [0, 0.05) is 47.1 Å². The molecule has 0 spiro atoms. The van der Waals surface area contributed by atoms with Crippen molar-refractivity contribution in [1.29, 1.82) is 0 Å². The summed E-state index contributed by atoms with van der Waals surface area (Å²) in [6.07, 6.45) is 3.81. The standard InChI is InChI=1S/C14H14O6.C10H12O6.C9H10O6.C4H6O2/c1-9(2)13(17)19-7-8-20-14(18)11-6-4-3-5-10(11)12(15)16;1-7(2)10(14)16-6-5-15-9(13)4-3-8(11)12;1-2-8(12)14-5-6-15-9(13)4-3-7(10)11;1-3(2)4(5)6/h3-6H,1,7-8H2,2H3,(H,15,16);3-4H,1,5-6H2,2H3,(H,11,12);2-4H,1,5-6H2,(H,10,11);1H2,2H3,(H,5,6). The summed E-state index contributed by atoms with van der Waals surface area (Å²) in [5.41, 5.74) is 0.474. The molecule has 0 bridgehead atoms. The summed E-state index contributed by atoms with van der Waals surface area (Å²) in [5, 5.41) is 33.2. The Bertz CT molecular complexity index is 1700. The van der Waals surface area contributed by atoms with Gasteiger partial charge in [-0.15, -0.1) is 0 Å². The molecule has 0 saturated heterocycles. The minimum Gasteiger partial charge on any atom is -0.478 e. The van der Waals surface area contributed by atoms with Crippen LogP contribution in [0, 0.1) is 0 Å². The summed E-state index contributed by atoms with van der Waals surface area (Å²) in [6, 6.07) is 5.70. The normalized spacial score (nSPS) is 9.46. The second-order valence-corrected chi connectivity index (χ2v) is 9.95. The maximum Gasteiger partial charge on any atom is 0.339 e. The minimum absolute atomic E-state index is 0.0498. The number of esters is 6. The van der Waals surface area contributed by atoms with Crippen LogP contribution in [0.5, 0.6) is 0 Å². The molecule has 0 amide bonds. The molecule has 310 valence electrons. The minimum atomic E-state index is -1.25. The Morgan fingerprint density at radius 3 is 1.16 bits per heavy atom. The van der Waals surface area contributed by atoms with Gasteiger partial charge in [-0.1, -0.05) is 38.4 Å². The lowest BCUT2D eigenvalue weighted by Crippen LogP contribution is -2.16. The third-order valence-electron chi connectivity index (χ3n) is 5.01. The molecular formula is C37H42O20. The Morgan fingerprint density at radius 1 is 0.509 bits per heavy atom. The van der Waals surface area contributed by atoms with E-state index < -0.39 is 59.7 Å². The number of carbonyl (C=O) groups excluding carboxylic acids is 6. The van der Waals surface area contributed by atoms with Crippen molar-refractivity contribution in [3.63, 3.8) is 0 Å². The monoisotopic (exact) mass is 806 g/mol. The van der Waals surface area contributed by atoms with Crippen molar-refractivity contribution in [2.75, 3.05) is 39.6 Å². The molecule has 0 fully saturated rings. The van der Waals surface area contributed by atoms with E-state index in [2.05, 4.69) is 45.3 Å². The van der Waals surface area contributed by atoms with Crippen LogP contribution in [0.25, 0.3) is 0 Å². The van der Waals surface area contributed by atoms with Gasteiger partial charge in [-0.2, -0.15) is 0 Å². The molecule has 0 saturated carbocycles. The average molecular weight is 807 g/mol. The molecule has 0 aliphatic carbocycles. The molecule has 0 heterocycles. The maximum atomic E-state index is 11.7. The van der Waals surface area contributed by atoms with Gasteiger partial charge >= 0.3 is 59.7 Å². The summed E-state index contributed by atoms with van der Waals surface area (Å²) in [7, 11) is 0. The van der Waals surface area contributed by atoms with Crippen molar-refractivity contribution in [2.45, 2.75) is 20.8 Å². The molecule has 1 rings (SSSR count). The highest BCUT2D eigenvalue weighted by Gasteiger charge is 2.17. The van der Waals surface area contributed by atoms with Gasteiger partial charge in [0.2, 0.25) is 0 Å². The average Bonchev–Trinajstić information content (AvgIpc) is 3.15. The highest BCUT2D eigenvalue weighted by atomic mass is 16.6. The first-order valence-corrected chi connectivity index (χ1v) is 15.5. The number of carboxylic acids is 4. The van der Waals surface area contributed by atoms with Gasteiger partial charge in [0.25, 0.3) is 0 Å². The molecule has 0 radical (unpaired) electrons. The third-order valence-corrected chi connectivity index (χ3v) is 5.01. The van der Waals surface area contributed by atoms with Crippen molar-refractivity contribution in [1.82, 2.24) is 0 Å². The molecule has 1 aromatic carbocycles. The van der Waals surface area contributed by atoms with E-state index in [1.54, 1.807) is 0 Å². The molecule has 1 aromatic rings. The number of hydrogen-bond acceptors (Lipinski definition) is 16. The van der Waals surface area contributed by atoms with E-state index in [4.69, 9.17) is 29.9 Å². The first-order valence-electron chi connectivity index (χ1n) is 15.5. The third kappa shape index (κ3) is 32.7. The van der Waals surface area contributed by atoms with E-state index >= 15 is 0 Å². The largest absolute Gasteiger partial charge is 0.478 e. The zero-order chi connectivity index (χ0) is 44.5. The molecule has 0 aliphatic rings. The quantitative estimate of drug-likeness (QED) is 0.0675. The zero-order valence-electron chi connectivity index (χ0n) is 31.1. The van der Waals surface area contributed by atoms with Gasteiger partial charge in [-0.25, -0.2) is 47.9 Å². The topological polar surface area (TPSA) is 307 Å². The van der Waals surface area contributed by atoms with Gasteiger partial charge in [0.05, 0.1) is 11.1 Å². The second kappa shape index (κ2) is 31.8. The Balaban J connectivity index is -0.000000722. The fourth-order valence-electron chi connectivity index (χ4n) is 2.44. The van der Waals surface area contributed by atoms with Crippen LogP contribution < -0.4 is 0 Å². The van der Waals surface area contributed by atoms with Gasteiger partial charge < -0.3 is 48.8 Å². The van der Waals surface area contributed by atoms with Crippen molar-refractivity contribution >= 4 is 59.7 Å². The Morgan fingerprint density at radius 2 is 0.842 bits per heavy atom. The molecule has 0 aromatic heterocycles. The van der Waals surface area contributed by atoms with E-state index in [1.807, 2.05) is 0 Å². The van der Waals surface area contributed by atoms with Crippen LogP contribution in [0.4, 0.5) is 0 Å². The van der Waals surface area contributed by atoms with E-state index in [0.29, 0.717) is 12.2 Å². The summed E-state index contributed by atoms with van der Waals surface area (Å²) in [5.74, 6) is -8.82. The highest BCUT2D eigenvalue weighted by Crippen LogP contribution is 2.10. The molecule has 4 N–H and O–H groups in total. The van der Waals surface area contributed by atoms with Crippen molar-refractivity contribution in [3.8, 4) is 0 Å². The van der Waals surface area contributed by atoms with Crippen LogP contribution in [-0.4, -0.2) is 120 Å². The highest BCUT2D eigenvalue weighted by molar-refractivity contribution is 6.02. The number of aliphatic carboxylic acids is 3. The van der Waals surface area contributed by atoms with Gasteiger partial charge in [0.1, 0.15) is 39.6 Å². The zero-order valence-corrected chi connectivity index (χ0v) is 31.1. The summed E-state index contributed by atoms with van der Waals surface area (Å²) < 4.78 is 27.7. The van der Waals surface area contributed by atoms with E-state index in [9.17, 15) is 47.9 Å². The number of benzene rings is 1. The van der Waals surface area contributed by atoms with Crippen LogP contribution in [0.15, 0.2) is 97.7 Å². The van der Waals surface area contributed by atoms with Crippen LogP contribution in [0.1, 0.15) is 41.5 Å². The summed E-state index contributed by atoms with van der Waals surface area (Å²) in [6.45, 7) is 16.8. The predicted octanol–water partition coefficient (Wildman–Crippen LogP) is 2.50. The lowest BCUT2D eigenvalue weighted by molar-refractivity contribution is -0.146. The van der Waals surface area contributed by atoms with E-state index in [0.717, 1.165) is 18.2 Å². The number of hydrogen-bond donors (Lipinski definition) is 4. The van der Waals surface area contributed by atoms with E-state index in [1.165, 1.54) is 45.0 Å². The number of aromatic carboxylic acids is 1. The predicted molar refractivity (Wildman–Crippen MR) is 194 cm³/mol. The molecule has 0 unspecified atom stereocenters. The van der Waals surface area contributed by atoms with Gasteiger partial charge in [0.15, 0.2) is 0 Å².